The Balaban J connectivity index is 2.66. The number of esters is 1. The fourth-order valence-electron chi connectivity index (χ4n) is 1.25. The van der Waals surface area contributed by atoms with Crippen LogP contribution in [0.15, 0.2) is 22.7 Å². The van der Waals surface area contributed by atoms with Crippen LogP contribution in [0.5, 0.6) is 0 Å². The molecule has 1 aromatic rings. The van der Waals surface area contributed by atoms with Crippen molar-refractivity contribution in [3.8, 4) is 0 Å². The Labute approximate surface area is 119 Å². The number of nitrogens with zero attached hydrogens (tertiary/aromatic N) is 1. The van der Waals surface area contributed by atoms with Gasteiger partial charge in [0.1, 0.15) is 5.82 Å². The van der Waals surface area contributed by atoms with Crippen LogP contribution in [-0.2, 0) is 9.53 Å². The summed E-state index contributed by atoms with van der Waals surface area (Å²) in [6, 6.07) is 3.95. The van der Waals surface area contributed by atoms with Crippen molar-refractivity contribution in [2.24, 2.45) is 0 Å². The molecule has 0 atom stereocenters. The van der Waals surface area contributed by atoms with Crippen LogP contribution in [0.2, 0.25) is 0 Å². The van der Waals surface area contributed by atoms with Crippen LogP contribution in [0.3, 0.4) is 0 Å². The van der Waals surface area contributed by atoms with E-state index in [4.69, 9.17) is 4.74 Å². The van der Waals surface area contributed by atoms with Gasteiger partial charge in [0.05, 0.1) is 5.56 Å². The lowest BCUT2D eigenvalue weighted by Gasteiger charge is -2.21. The van der Waals surface area contributed by atoms with Gasteiger partial charge in [0.15, 0.2) is 6.61 Å². The fraction of sp³-hybridized carbons (Fsp3) is 0.385. The molecule has 0 unspecified atom stereocenters. The second-order valence-electron chi connectivity index (χ2n) is 4.30. The Hall–Kier alpha value is -1.43. The van der Waals surface area contributed by atoms with Gasteiger partial charge in [-0.1, -0.05) is 15.9 Å². The molecular weight excluding hydrogens is 317 g/mol. The molecule has 6 heteroatoms. The standard InChI is InChI=1S/C13H15BrFNO3/c1-8(2)16(3)12(17)7-19-13(18)10-6-9(14)4-5-11(10)15/h4-6,8H,7H2,1-3H3. The number of likely N-dealkylation sites (N-methyl/N-ethyl adjacent to an activating group) is 1. The second-order valence-corrected chi connectivity index (χ2v) is 5.21. The van der Waals surface area contributed by atoms with Crippen molar-refractivity contribution in [3.63, 3.8) is 0 Å². The van der Waals surface area contributed by atoms with Crippen LogP contribution in [0.1, 0.15) is 24.2 Å². The maximum absolute atomic E-state index is 13.4. The van der Waals surface area contributed by atoms with E-state index >= 15 is 0 Å². The van der Waals surface area contributed by atoms with Gasteiger partial charge in [-0.3, -0.25) is 4.79 Å². The number of amides is 1. The second kappa shape index (κ2) is 6.65. The fourth-order valence-corrected chi connectivity index (χ4v) is 1.61. The highest BCUT2D eigenvalue weighted by atomic mass is 79.9. The van der Waals surface area contributed by atoms with Crippen molar-refractivity contribution >= 4 is 27.8 Å². The molecule has 1 rings (SSSR count). The molecular formula is C13H15BrFNO3. The zero-order valence-corrected chi connectivity index (χ0v) is 12.5. The predicted molar refractivity (Wildman–Crippen MR) is 72.3 cm³/mol. The first-order valence-corrected chi connectivity index (χ1v) is 6.50. The van der Waals surface area contributed by atoms with E-state index in [2.05, 4.69) is 15.9 Å². The van der Waals surface area contributed by atoms with Gasteiger partial charge < -0.3 is 9.64 Å². The topological polar surface area (TPSA) is 46.6 Å². The normalized spacial score (nSPS) is 10.4. The molecule has 104 valence electrons. The minimum atomic E-state index is -0.857. The average Bonchev–Trinajstić information content (AvgIpc) is 2.37. The zero-order chi connectivity index (χ0) is 14.6. The van der Waals surface area contributed by atoms with Gasteiger partial charge in [-0.25, -0.2) is 9.18 Å². The van der Waals surface area contributed by atoms with Gasteiger partial charge in [-0.15, -0.1) is 0 Å². The largest absolute Gasteiger partial charge is 0.452 e. The van der Waals surface area contributed by atoms with E-state index in [1.54, 1.807) is 7.05 Å². The Bertz CT molecular complexity index is 491. The van der Waals surface area contributed by atoms with Gasteiger partial charge in [0.2, 0.25) is 0 Å². The molecule has 19 heavy (non-hydrogen) atoms. The lowest BCUT2D eigenvalue weighted by molar-refractivity contribution is -0.134. The number of benzene rings is 1. The van der Waals surface area contributed by atoms with Crippen molar-refractivity contribution in [1.29, 1.82) is 0 Å². The van der Waals surface area contributed by atoms with Crippen LogP contribution in [0, 0.1) is 5.82 Å². The molecule has 0 saturated heterocycles. The minimum absolute atomic E-state index is 0.00816. The molecule has 0 N–H and O–H groups in total. The minimum Gasteiger partial charge on any atom is -0.452 e. The molecule has 0 saturated carbocycles. The summed E-state index contributed by atoms with van der Waals surface area (Å²) < 4.78 is 18.8. The summed E-state index contributed by atoms with van der Waals surface area (Å²) in [6.07, 6.45) is 0. The summed E-state index contributed by atoms with van der Waals surface area (Å²) in [5.74, 6) is -1.87. The molecule has 0 aliphatic carbocycles. The highest BCUT2D eigenvalue weighted by molar-refractivity contribution is 9.10. The summed E-state index contributed by atoms with van der Waals surface area (Å²) in [5.41, 5.74) is -0.200. The van der Waals surface area contributed by atoms with Gasteiger partial charge in [0, 0.05) is 17.6 Å². The molecule has 0 heterocycles. The van der Waals surface area contributed by atoms with Crippen molar-refractivity contribution < 1.29 is 18.7 Å². The number of hydrogen-bond donors (Lipinski definition) is 0. The summed E-state index contributed by atoms with van der Waals surface area (Å²) in [7, 11) is 1.61. The Morgan fingerprint density at radius 2 is 2.05 bits per heavy atom. The number of carbonyl (C=O) groups excluding carboxylic acids is 2. The van der Waals surface area contributed by atoms with Crippen molar-refractivity contribution in [1.82, 2.24) is 4.90 Å². The van der Waals surface area contributed by atoms with Gasteiger partial charge in [0.25, 0.3) is 5.91 Å². The Morgan fingerprint density at radius 3 is 2.63 bits per heavy atom. The van der Waals surface area contributed by atoms with E-state index in [1.165, 1.54) is 17.0 Å². The Morgan fingerprint density at radius 1 is 1.42 bits per heavy atom. The highest BCUT2D eigenvalue weighted by Crippen LogP contribution is 2.16. The van der Waals surface area contributed by atoms with Crippen LogP contribution < -0.4 is 0 Å². The van der Waals surface area contributed by atoms with Crippen LogP contribution in [0.4, 0.5) is 4.39 Å². The van der Waals surface area contributed by atoms with E-state index in [0.29, 0.717) is 4.47 Å². The van der Waals surface area contributed by atoms with E-state index in [9.17, 15) is 14.0 Å². The SMILES string of the molecule is CC(C)N(C)C(=O)COC(=O)c1cc(Br)ccc1F. The number of rotatable bonds is 4. The highest BCUT2D eigenvalue weighted by Gasteiger charge is 2.17. The third kappa shape index (κ3) is 4.31. The third-order valence-electron chi connectivity index (χ3n) is 2.64. The summed E-state index contributed by atoms with van der Waals surface area (Å²) in [6.45, 7) is 3.28. The lowest BCUT2D eigenvalue weighted by Crippen LogP contribution is -2.36. The first-order chi connectivity index (χ1) is 8.82. The number of ether oxygens (including phenoxy) is 1. The first kappa shape index (κ1) is 15.6. The van der Waals surface area contributed by atoms with E-state index in [0.717, 1.165) is 6.07 Å². The summed E-state index contributed by atoms with van der Waals surface area (Å²) in [5, 5.41) is 0. The first-order valence-electron chi connectivity index (χ1n) is 5.70. The van der Waals surface area contributed by atoms with Crippen LogP contribution in [-0.4, -0.2) is 36.5 Å². The quantitative estimate of drug-likeness (QED) is 0.797. The molecule has 0 bridgehead atoms. The number of carbonyl (C=O) groups is 2. The molecule has 0 radical (unpaired) electrons. The average molecular weight is 332 g/mol. The molecule has 4 nitrogen and oxygen atoms in total. The summed E-state index contributed by atoms with van der Waals surface area (Å²) in [4.78, 5) is 24.7. The smallest absolute Gasteiger partial charge is 0.341 e. The van der Waals surface area contributed by atoms with Gasteiger partial charge >= 0.3 is 5.97 Å². The van der Waals surface area contributed by atoms with Gasteiger partial charge in [-0.05, 0) is 32.0 Å². The molecule has 0 aliphatic heterocycles. The van der Waals surface area contributed by atoms with Crippen LogP contribution in [0.25, 0.3) is 0 Å². The van der Waals surface area contributed by atoms with E-state index in [-0.39, 0.29) is 17.5 Å². The molecule has 0 aromatic heterocycles. The molecule has 0 fully saturated rings. The van der Waals surface area contributed by atoms with Crippen molar-refractivity contribution in [2.45, 2.75) is 19.9 Å². The van der Waals surface area contributed by atoms with Gasteiger partial charge in [-0.2, -0.15) is 0 Å². The molecule has 1 aromatic carbocycles. The predicted octanol–water partition coefficient (Wildman–Crippen LogP) is 2.61. The number of hydrogen-bond acceptors (Lipinski definition) is 3. The maximum Gasteiger partial charge on any atom is 0.341 e. The summed E-state index contributed by atoms with van der Waals surface area (Å²) >= 11 is 3.14. The Kier molecular flexibility index (Phi) is 5.47. The van der Waals surface area contributed by atoms with E-state index in [1.807, 2.05) is 13.8 Å². The lowest BCUT2D eigenvalue weighted by atomic mass is 10.2. The van der Waals surface area contributed by atoms with Crippen molar-refractivity contribution in [2.75, 3.05) is 13.7 Å². The monoisotopic (exact) mass is 331 g/mol. The molecule has 0 aliphatic rings. The van der Waals surface area contributed by atoms with Crippen LogP contribution >= 0.6 is 15.9 Å². The van der Waals surface area contributed by atoms with Crippen molar-refractivity contribution in [3.05, 3.63) is 34.1 Å². The molecule has 0 spiro atoms. The zero-order valence-electron chi connectivity index (χ0n) is 10.9. The third-order valence-corrected chi connectivity index (χ3v) is 3.14. The maximum atomic E-state index is 13.4. The van der Waals surface area contributed by atoms with E-state index < -0.39 is 18.4 Å². The number of halogens is 2. The molecule has 1 amide bonds.